The molecule has 1 fully saturated rings. The summed E-state index contributed by atoms with van der Waals surface area (Å²) in [6.07, 6.45) is 1.91. The Kier molecular flexibility index (Phi) is 5.93. The van der Waals surface area contributed by atoms with Crippen LogP contribution >= 0.6 is 11.6 Å². The van der Waals surface area contributed by atoms with Crippen LogP contribution in [0.3, 0.4) is 0 Å². The summed E-state index contributed by atoms with van der Waals surface area (Å²) >= 11 is 6.15. The summed E-state index contributed by atoms with van der Waals surface area (Å²) < 4.78 is 0. The molecule has 0 saturated carbocycles. The number of benzene rings is 2. The number of nitrogens with zero attached hydrogens (tertiary/aromatic N) is 3. The lowest BCUT2D eigenvalue weighted by molar-refractivity contribution is 0.0988. The summed E-state index contributed by atoms with van der Waals surface area (Å²) in [6, 6.07) is 15.3. The van der Waals surface area contributed by atoms with Crippen molar-refractivity contribution in [3.05, 3.63) is 65.3 Å². The number of halogens is 1. The number of para-hydroxylation sites is 2. The van der Waals surface area contributed by atoms with Crippen molar-refractivity contribution in [1.29, 1.82) is 5.26 Å². The van der Waals surface area contributed by atoms with Crippen molar-refractivity contribution in [3.63, 3.8) is 0 Å². The number of likely N-dealkylation sites (tertiary alicyclic amines) is 1. The number of nitrogens with one attached hydrogen (secondary N) is 2. The summed E-state index contributed by atoms with van der Waals surface area (Å²) in [6.45, 7) is 6.69. The lowest BCUT2D eigenvalue weighted by Gasteiger charge is -2.26. The average Bonchev–Trinajstić information content (AvgIpc) is 3.20. The standard InChI is InChI=1S/C23H24ClN5O/c1-16(28-11-4-5-18(28)14-25)15-26-10-12-29-22-7-3-2-6-21(22)27-20-9-8-17(24)13-19(20)23(29)30/h2-3,6-9,13,18,26-27H,1,4-5,10-12,15H2. The van der Waals surface area contributed by atoms with Gasteiger partial charge in [-0.1, -0.05) is 30.3 Å². The molecule has 2 aromatic rings. The van der Waals surface area contributed by atoms with E-state index < -0.39 is 0 Å². The van der Waals surface area contributed by atoms with Gasteiger partial charge in [-0.2, -0.15) is 5.26 Å². The van der Waals surface area contributed by atoms with Gasteiger partial charge in [0.15, 0.2) is 0 Å². The quantitative estimate of drug-likeness (QED) is 0.686. The first-order chi connectivity index (χ1) is 14.6. The van der Waals surface area contributed by atoms with Crippen LogP contribution in [0.15, 0.2) is 54.7 Å². The molecular formula is C23H24ClN5O. The Labute approximate surface area is 181 Å². The molecule has 4 rings (SSSR count). The lowest BCUT2D eigenvalue weighted by Crippen LogP contribution is -2.39. The van der Waals surface area contributed by atoms with E-state index in [9.17, 15) is 10.1 Å². The van der Waals surface area contributed by atoms with Crippen LogP contribution in [0.25, 0.3) is 0 Å². The number of rotatable bonds is 6. The highest BCUT2D eigenvalue weighted by atomic mass is 35.5. The summed E-state index contributed by atoms with van der Waals surface area (Å²) in [7, 11) is 0. The maximum atomic E-state index is 13.3. The van der Waals surface area contributed by atoms with E-state index in [1.54, 1.807) is 17.0 Å². The third-order valence-electron chi connectivity index (χ3n) is 5.57. The minimum absolute atomic E-state index is 0.0781. The summed E-state index contributed by atoms with van der Waals surface area (Å²) in [5.41, 5.74) is 3.93. The Morgan fingerprint density at radius 2 is 2.13 bits per heavy atom. The Hall–Kier alpha value is -3.01. The molecule has 0 aliphatic carbocycles. The second-order valence-electron chi connectivity index (χ2n) is 7.51. The number of amides is 1. The molecule has 154 valence electrons. The third kappa shape index (κ3) is 4.00. The number of nitriles is 1. The summed E-state index contributed by atoms with van der Waals surface area (Å²) in [4.78, 5) is 17.2. The molecule has 2 aliphatic rings. The second-order valence-corrected chi connectivity index (χ2v) is 7.95. The van der Waals surface area contributed by atoms with Crippen LogP contribution in [0.2, 0.25) is 5.02 Å². The van der Waals surface area contributed by atoms with Crippen LogP contribution in [0.1, 0.15) is 23.2 Å². The number of carbonyl (C=O) groups is 1. The fraction of sp³-hybridized carbons (Fsp3) is 0.304. The van der Waals surface area contributed by atoms with E-state index in [2.05, 4.69) is 28.2 Å². The molecule has 2 aromatic carbocycles. The molecule has 30 heavy (non-hydrogen) atoms. The number of anilines is 3. The largest absolute Gasteiger partial charge is 0.358 e. The van der Waals surface area contributed by atoms with Crippen molar-refractivity contribution in [2.24, 2.45) is 0 Å². The SMILES string of the molecule is C=C(CNCCN1C(=O)c2cc(Cl)ccc2Nc2ccccc21)N1CCCC1C#N. The smallest absolute Gasteiger partial charge is 0.260 e. The highest BCUT2D eigenvalue weighted by Gasteiger charge is 2.27. The van der Waals surface area contributed by atoms with Crippen molar-refractivity contribution >= 4 is 34.6 Å². The number of fused-ring (bicyclic) bond motifs is 2. The van der Waals surface area contributed by atoms with Gasteiger partial charge in [0.1, 0.15) is 6.04 Å². The van der Waals surface area contributed by atoms with Crippen LogP contribution in [0, 0.1) is 11.3 Å². The van der Waals surface area contributed by atoms with Crippen LogP contribution in [-0.2, 0) is 0 Å². The average molecular weight is 422 g/mol. The predicted molar refractivity (Wildman–Crippen MR) is 120 cm³/mol. The molecule has 1 amide bonds. The van der Waals surface area contributed by atoms with Gasteiger partial charge in [0.25, 0.3) is 5.91 Å². The zero-order valence-corrected chi connectivity index (χ0v) is 17.5. The zero-order chi connectivity index (χ0) is 21.1. The van der Waals surface area contributed by atoms with Gasteiger partial charge in [0.2, 0.25) is 0 Å². The molecule has 7 heteroatoms. The van der Waals surface area contributed by atoms with E-state index in [4.69, 9.17) is 11.6 Å². The Bertz CT molecular complexity index is 1010. The maximum absolute atomic E-state index is 13.3. The highest BCUT2D eigenvalue weighted by molar-refractivity contribution is 6.31. The predicted octanol–water partition coefficient (Wildman–Crippen LogP) is 4.14. The van der Waals surface area contributed by atoms with Crippen LogP contribution in [0.5, 0.6) is 0 Å². The van der Waals surface area contributed by atoms with Gasteiger partial charge < -0.3 is 20.4 Å². The molecule has 0 bridgehead atoms. The van der Waals surface area contributed by atoms with E-state index in [-0.39, 0.29) is 11.9 Å². The molecule has 0 spiro atoms. The van der Waals surface area contributed by atoms with Gasteiger partial charge in [0.05, 0.1) is 28.7 Å². The maximum Gasteiger partial charge on any atom is 0.260 e. The summed E-state index contributed by atoms with van der Waals surface area (Å²) in [5.74, 6) is -0.0883. The van der Waals surface area contributed by atoms with Crippen LogP contribution in [0.4, 0.5) is 17.1 Å². The molecule has 6 nitrogen and oxygen atoms in total. The third-order valence-corrected chi connectivity index (χ3v) is 5.81. The minimum Gasteiger partial charge on any atom is -0.358 e. The molecule has 1 saturated heterocycles. The molecule has 2 aliphatic heterocycles. The molecule has 0 radical (unpaired) electrons. The van der Waals surface area contributed by atoms with Gasteiger partial charge in [-0.15, -0.1) is 0 Å². The van der Waals surface area contributed by atoms with Gasteiger partial charge in [-0.05, 0) is 43.2 Å². The summed E-state index contributed by atoms with van der Waals surface area (Å²) in [5, 5.41) is 16.5. The van der Waals surface area contributed by atoms with Gasteiger partial charge in [0, 0.05) is 36.9 Å². The molecule has 2 N–H and O–H groups in total. The Morgan fingerprint density at radius 3 is 2.97 bits per heavy atom. The topological polar surface area (TPSA) is 71.4 Å². The highest BCUT2D eigenvalue weighted by Crippen LogP contribution is 2.36. The fourth-order valence-electron chi connectivity index (χ4n) is 4.04. The molecule has 2 heterocycles. The van der Waals surface area contributed by atoms with Gasteiger partial charge >= 0.3 is 0 Å². The first kappa shape index (κ1) is 20.3. The van der Waals surface area contributed by atoms with Crippen LogP contribution < -0.4 is 15.5 Å². The van der Waals surface area contributed by atoms with Crippen molar-refractivity contribution in [1.82, 2.24) is 10.2 Å². The molecule has 1 atom stereocenters. The molecular weight excluding hydrogens is 398 g/mol. The normalized spacial score (nSPS) is 17.6. The van der Waals surface area contributed by atoms with E-state index in [0.29, 0.717) is 30.2 Å². The monoisotopic (exact) mass is 421 g/mol. The first-order valence-electron chi connectivity index (χ1n) is 10.1. The first-order valence-corrected chi connectivity index (χ1v) is 10.5. The zero-order valence-electron chi connectivity index (χ0n) is 16.7. The number of hydrogen-bond acceptors (Lipinski definition) is 5. The van der Waals surface area contributed by atoms with E-state index in [0.717, 1.165) is 42.1 Å². The fourth-order valence-corrected chi connectivity index (χ4v) is 4.22. The van der Waals surface area contributed by atoms with E-state index >= 15 is 0 Å². The van der Waals surface area contributed by atoms with Crippen molar-refractivity contribution < 1.29 is 4.79 Å². The second kappa shape index (κ2) is 8.78. The minimum atomic E-state index is -0.0883. The Balaban J connectivity index is 1.46. The van der Waals surface area contributed by atoms with Crippen molar-refractivity contribution in [3.8, 4) is 6.07 Å². The lowest BCUT2D eigenvalue weighted by atomic mass is 10.1. The van der Waals surface area contributed by atoms with E-state index in [1.165, 1.54) is 0 Å². The number of carbonyl (C=O) groups excluding carboxylic acids is 1. The van der Waals surface area contributed by atoms with Gasteiger partial charge in [-0.25, -0.2) is 0 Å². The van der Waals surface area contributed by atoms with Crippen molar-refractivity contribution in [2.75, 3.05) is 36.4 Å². The van der Waals surface area contributed by atoms with Crippen LogP contribution in [-0.4, -0.2) is 43.0 Å². The Morgan fingerprint density at radius 1 is 1.30 bits per heavy atom. The molecule has 1 unspecified atom stereocenters. The van der Waals surface area contributed by atoms with E-state index in [1.807, 2.05) is 30.3 Å². The molecule has 0 aromatic heterocycles. The number of hydrogen-bond donors (Lipinski definition) is 2. The van der Waals surface area contributed by atoms with Crippen molar-refractivity contribution in [2.45, 2.75) is 18.9 Å². The van der Waals surface area contributed by atoms with Gasteiger partial charge in [-0.3, -0.25) is 4.79 Å².